The zero-order chi connectivity index (χ0) is 18.4. The van der Waals surface area contributed by atoms with Gasteiger partial charge in [-0.25, -0.2) is 0 Å². The molecule has 1 aromatic heterocycles. The highest BCUT2D eigenvalue weighted by molar-refractivity contribution is 7.98. The normalized spacial score (nSPS) is 11.9. The molecule has 5 nitrogen and oxygen atoms in total. The Hall–Kier alpha value is -2.73. The van der Waals surface area contributed by atoms with Gasteiger partial charge in [0.05, 0.1) is 6.26 Å². The van der Waals surface area contributed by atoms with Gasteiger partial charge in [-0.05, 0) is 53.5 Å². The van der Waals surface area contributed by atoms with Crippen LogP contribution < -0.4 is 10.6 Å². The lowest BCUT2D eigenvalue weighted by molar-refractivity contribution is -0.118. The second-order valence-corrected chi connectivity index (χ2v) is 6.82. The summed E-state index contributed by atoms with van der Waals surface area (Å²) in [5.74, 6) is 0.315. The van der Waals surface area contributed by atoms with Gasteiger partial charge < -0.3 is 15.1 Å². The van der Waals surface area contributed by atoms with Crippen molar-refractivity contribution < 1.29 is 14.0 Å². The van der Waals surface area contributed by atoms with E-state index in [2.05, 4.69) is 10.6 Å². The van der Waals surface area contributed by atoms with Gasteiger partial charge in [0.1, 0.15) is 6.04 Å². The van der Waals surface area contributed by atoms with Crippen LogP contribution in [-0.2, 0) is 4.79 Å². The second-order valence-electron chi connectivity index (χ2n) is 5.84. The largest absolute Gasteiger partial charge is 0.459 e. The Morgan fingerprint density at radius 2 is 1.88 bits per heavy atom. The number of rotatable bonds is 7. The highest BCUT2D eigenvalue weighted by Gasteiger charge is 2.22. The summed E-state index contributed by atoms with van der Waals surface area (Å²) < 4.78 is 5.10. The Balaban J connectivity index is 1.72. The minimum Gasteiger partial charge on any atom is -0.459 e. The van der Waals surface area contributed by atoms with Crippen molar-refractivity contribution in [1.29, 1.82) is 0 Å². The molecule has 2 N–H and O–H groups in total. The molecule has 1 heterocycles. The highest BCUT2D eigenvalue weighted by atomic mass is 32.2. The van der Waals surface area contributed by atoms with E-state index in [9.17, 15) is 9.59 Å². The van der Waals surface area contributed by atoms with Crippen LogP contribution in [0.25, 0.3) is 10.8 Å². The van der Waals surface area contributed by atoms with Gasteiger partial charge in [0, 0.05) is 5.69 Å². The van der Waals surface area contributed by atoms with Crippen LogP contribution in [0.3, 0.4) is 0 Å². The Bertz CT molecular complexity index is 893. The van der Waals surface area contributed by atoms with Crippen LogP contribution in [0.2, 0.25) is 0 Å². The predicted molar refractivity (Wildman–Crippen MR) is 106 cm³/mol. The lowest BCUT2D eigenvalue weighted by Gasteiger charge is -2.18. The molecule has 0 aliphatic carbocycles. The van der Waals surface area contributed by atoms with Crippen molar-refractivity contribution in [3.63, 3.8) is 0 Å². The maximum absolute atomic E-state index is 12.7. The van der Waals surface area contributed by atoms with Crippen LogP contribution in [-0.4, -0.2) is 29.9 Å². The van der Waals surface area contributed by atoms with Gasteiger partial charge in [-0.3, -0.25) is 9.59 Å². The summed E-state index contributed by atoms with van der Waals surface area (Å²) in [4.78, 5) is 24.9. The summed E-state index contributed by atoms with van der Waals surface area (Å²) in [6.45, 7) is 0. The fourth-order valence-electron chi connectivity index (χ4n) is 2.64. The quantitative estimate of drug-likeness (QED) is 0.663. The molecule has 0 saturated heterocycles. The summed E-state index contributed by atoms with van der Waals surface area (Å²) in [5, 5.41) is 7.81. The molecule has 0 bridgehead atoms. The van der Waals surface area contributed by atoms with E-state index in [0.29, 0.717) is 12.1 Å². The van der Waals surface area contributed by atoms with Gasteiger partial charge >= 0.3 is 0 Å². The zero-order valence-electron chi connectivity index (χ0n) is 14.4. The Kier molecular flexibility index (Phi) is 5.96. The Morgan fingerprint density at radius 3 is 2.62 bits per heavy atom. The molecule has 0 radical (unpaired) electrons. The second kappa shape index (κ2) is 8.58. The van der Waals surface area contributed by atoms with Crippen molar-refractivity contribution in [1.82, 2.24) is 5.32 Å². The van der Waals surface area contributed by atoms with Crippen LogP contribution in [0, 0.1) is 0 Å². The van der Waals surface area contributed by atoms with E-state index >= 15 is 0 Å². The summed E-state index contributed by atoms with van der Waals surface area (Å²) in [6, 6.07) is 16.3. The molecule has 2 aromatic carbocycles. The van der Waals surface area contributed by atoms with E-state index in [4.69, 9.17) is 4.42 Å². The highest BCUT2D eigenvalue weighted by Crippen LogP contribution is 2.19. The van der Waals surface area contributed by atoms with Crippen molar-refractivity contribution in [3.8, 4) is 0 Å². The molecule has 0 aliphatic heterocycles. The van der Waals surface area contributed by atoms with Crippen LogP contribution in [0.5, 0.6) is 0 Å². The minimum absolute atomic E-state index is 0.192. The van der Waals surface area contributed by atoms with Crippen molar-refractivity contribution in [2.45, 2.75) is 12.5 Å². The van der Waals surface area contributed by atoms with E-state index in [0.717, 1.165) is 16.5 Å². The number of carbonyl (C=O) groups excluding carboxylic acids is 2. The predicted octanol–water partition coefficient (Wildman–Crippen LogP) is 3.92. The zero-order valence-corrected chi connectivity index (χ0v) is 15.2. The SMILES string of the molecule is CSCCC(NC(=O)c1ccco1)C(=O)Nc1ccc2ccccc2c1. The first-order valence-corrected chi connectivity index (χ1v) is 9.70. The maximum atomic E-state index is 12.7. The fourth-order valence-corrected chi connectivity index (χ4v) is 3.11. The average Bonchev–Trinajstić information content (AvgIpc) is 3.19. The molecular formula is C20H20N2O3S. The number of hydrogen-bond donors (Lipinski definition) is 2. The molecular weight excluding hydrogens is 348 g/mol. The van der Waals surface area contributed by atoms with Gasteiger partial charge in [0.15, 0.2) is 5.76 Å². The smallest absolute Gasteiger partial charge is 0.287 e. The van der Waals surface area contributed by atoms with Crippen molar-refractivity contribution in [3.05, 3.63) is 66.6 Å². The van der Waals surface area contributed by atoms with E-state index in [-0.39, 0.29) is 11.7 Å². The number of carbonyl (C=O) groups is 2. The van der Waals surface area contributed by atoms with Gasteiger partial charge in [0.2, 0.25) is 5.91 Å². The number of nitrogens with one attached hydrogen (secondary N) is 2. The molecule has 0 saturated carbocycles. The molecule has 0 aliphatic rings. The first-order chi connectivity index (χ1) is 12.7. The van der Waals surface area contributed by atoms with E-state index in [1.54, 1.807) is 23.9 Å². The van der Waals surface area contributed by atoms with E-state index < -0.39 is 11.9 Å². The monoisotopic (exact) mass is 368 g/mol. The topological polar surface area (TPSA) is 71.3 Å². The summed E-state index contributed by atoms with van der Waals surface area (Å²) in [7, 11) is 0. The number of fused-ring (bicyclic) bond motifs is 1. The van der Waals surface area contributed by atoms with Crippen LogP contribution >= 0.6 is 11.8 Å². The molecule has 0 spiro atoms. The molecule has 0 fully saturated rings. The molecule has 2 amide bonds. The van der Waals surface area contributed by atoms with Crippen molar-refractivity contribution >= 4 is 40.0 Å². The minimum atomic E-state index is -0.633. The molecule has 1 atom stereocenters. The molecule has 3 rings (SSSR count). The number of amides is 2. The van der Waals surface area contributed by atoms with Crippen LogP contribution in [0.15, 0.2) is 65.3 Å². The number of anilines is 1. The average molecular weight is 368 g/mol. The van der Waals surface area contributed by atoms with Gasteiger partial charge in [0.25, 0.3) is 5.91 Å². The molecule has 3 aromatic rings. The fraction of sp³-hybridized carbons (Fsp3) is 0.200. The lowest BCUT2D eigenvalue weighted by atomic mass is 10.1. The Morgan fingerprint density at radius 1 is 1.08 bits per heavy atom. The van der Waals surface area contributed by atoms with Crippen molar-refractivity contribution in [2.24, 2.45) is 0 Å². The third kappa shape index (κ3) is 4.46. The van der Waals surface area contributed by atoms with Crippen molar-refractivity contribution in [2.75, 3.05) is 17.3 Å². The number of thioether (sulfide) groups is 1. The standard InChI is InChI=1S/C20H20N2O3S/c1-26-12-10-17(22-20(24)18-7-4-11-25-18)19(23)21-16-9-8-14-5-2-3-6-15(14)13-16/h2-9,11,13,17H,10,12H2,1H3,(H,21,23)(H,22,24). The summed E-state index contributed by atoms with van der Waals surface area (Å²) in [6.07, 6.45) is 3.93. The van der Waals surface area contributed by atoms with Crippen LogP contribution in [0.4, 0.5) is 5.69 Å². The van der Waals surface area contributed by atoms with Gasteiger partial charge in [-0.2, -0.15) is 11.8 Å². The molecule has 6 heteroatoms. The number of furan rings is 1. The molecule has 134 valence electrons. The maximum Gasteiger partial charge on any atom is 0.287 e. The van der Waals surface area contributed by atoms with Crippen LogP contribution in [0.1, 0.15) is 17.0 Å². The Labute approximate surface area is 156 Å². The first-order valence-electron chi connectivity index (χ1n) is 8.30. The first kappa shape index (κ1) is 18.1. The number of hydrogen-bond acceptors (Lipinski definition) is 4. The lowest BCUT2D eigenvalue weighted by Crippen LogP contribution is -2.44. The third-order valence-corrected chi connectivity index (χ3v) is 4.64. The summed E-state index contributed by atoms with van der Waals surface area (Å²) >= 11 is 1.63. The van der Waals surface area contributed by atoms with Gasteiger partial charge in [-0.15, -0.1) is 0 Å². The van der Waals surface area contributed by atoms with E-state index in [1.165, 1.54) is 6.26 Å². The molecule has 26 heavy (non-hydrogen) atoms. The van der Waals surface area contributed by atoms with E-state index in [1.807, 2.05) is 48.7 Å². The van der Waals surface area contributed by atoms with Gasteiger partial charge in [-0.1, -0.05) is 30.3 Å². The number of benzene rings is 2. The molecule has 1 unspecified atom stereocenters. The third-order valence-electron chi connectivity index (χ3n) is 3.99. The summed E-state index contributed by atoms with van der Waals surface area (Å²) in [5.41, 5.74) is 0.704.